The molecule has 0 radical (unpaired) electrons. The molecule has 148 valence electrons. The molecule has 0 aliphatic carbocycles. The van der Waals surface area contributed by atoms with E-state index < -0.39 is 0 Å². The summed E-state index contributed by atoms with van der Waals surface area (Å²) in [6.07, 6.45) is 4.18. The van der Waals surface area contributed by atoms with Crippen molar-refractivity contribution in [2.24, 2.45) is 5.92 Å². The summed E-state index contributed by atoms with van der Waals surface area (Å²) in [6, 6.07) is 17.6. The van der Waals surface area contributed by atoms with Gasteiger partial charge >= 0.3 is 5.97 Å². The van der Waals surface area contributed by atoms with Crippen molar-refractivity contribution in [3.05, 3.63) is 59.7 Å². The van der Waals surface area contributed by atoms with Gasteiger partial charge in [0.25, 0.3) is 0 Å². The summed E-state index contributed by atoms with van der Waals surface area (Å²) >= 11 is 0. The molecule has 2 aliphatic rings. The van der Waals surface area contributed by atoms with E-state index in [1.165, 1.54) is 22.5 Å². The number of esters is 1. The highest BCUT2D eigenvalue weighted by atomic mass is 16.5. The normalized spacial score (nSPS) is 19.5. The standard InChI is InChI=1S/C24H30N2O2/c1-2-28-24(27)21-10-7-15-25(18-21)16-17-26-22-11-5-3-8-19(22)13-14-20-9-4-6-12-23(20)26/h3-6,8-9,11-12,21H,2,7,10,13-18H2,1H3/t21-/m1/s1. The minimum Gasteiger partial charge on any atom is -0.466 e. The highest BCUT2D eigenvalue weighted by Gasteiger charge is 2.27. The monoisotopic (exact) mass is 378 g/mol. The second kappa shape index (κ2) is 8.78. The fourth-order valence-corrected chi connectivity index (χ4v) is 4.56. The SMILES string of the molecule is CCOC(=O)[C@@H]1CCCN(CCN2c3ccccc3CCc3ccccc32)C1. The average molecular weight is 379 g/mol. The van der Waals surface area contributed by atoms with Gasteiger partial charge in [-0.1, -0.05) is 36.4 Å². The predicted molar refractivity (Wildman–Crippen MR) is 113 cm³/mol. The number of fused-ring (bicyclic) bond motifs is 2. The fourth-order valence-electron chi connectivity index (χ4n) is 4.56. The van der Waals surface area contributed by atoms with Gasteiger partial charge in [0.1, 0.15) is 0 Å². The largest absolute Gasteiger partial charge is 0.466 e. The Morgan fingerprint density at radius 3 is 2.29 bits per heavy atom. The molecule has 0 unspecified atom stereocenters. The summed E-state index contributed by atoms with van der Waals surface area (Å²) in [4.78, 5) is 17.1. The second-order valence-electron chi connectivity index (χ2n) is 7.80. The first kappa shape index (κ1) is 19.0. The lowest BCUT2D eigenvalue weighted by Crippen LogP contribution is -2.42. The van der Waals surface area contributed by atoms with Crippen LogP contribution in [0.2, 0.25) is 0 Å². The Morgan fingerprint density at radius 2 is 1.64 bits per heavy atom. The molecule has 2 aromatic carbocycles. The number of aryl methyl sites for hydroxylation is 2. The van der Waals surface area contributed by atoms with Crippen LogP contribution in [-0.2, 0) is 22.4 Å². The van der Waals surface area contributed by atoms with Crippen LogP contribution in [0.4, 0.5) is 11.4 Å². The van der Waals surface area contributed by atoms with E-state index in [1.807, 2.05) is 6.92 Å². The van der Waals surface area contributed by atoms with E-state index in [4.69, 9.17) is 4.74 Å². The van der Waals surface area contributed by atoms with Gasteiger partial charge in [-0.25, -0.2) is 0 Å². The molecular formula is C24H30N2O2. The molecule has 0 spiro atoms. The molecule has 0 saturated carbocycles. The van der Waals surface area contributed by atoms with Crippen LogP contribution >= 0.6 is 0 Å². The zero-order valence-electron chi connectivity index (χ0n) is 16.8. The molecule has 0 N–H and O–H groups in total. The minimum atomic E-state index is -0.0299. The Balaban J connectivity index is 1.51. The molecule has 1 saturated heterocycles. The third kappa shape index (κ3) is 4.07. The van der Waals surface area contributed by atoms with Crippen LogP contribution < -0.4 is 4.90 Å². The zero-order valence-corrected chi connectivity index (χ0v) is 16.8. The van der Waals surface area contributed by atoms with Gasteiger partial charge in [-0.2, -0.15) is 0 Å². The van der Waals surface area contributed by atoms with Crippen molar-refractivity contribution in [3.63, 3.8) is 0 Å². The first-order chi connectivity index (χ1) is 13.8. The molecule has 4 rings (SSSR count). The molecule has 0 amide bonds. The van der Waals surface area contributed by atoms with E-state index in [0.717, 1.165) is 51.9 Å². The number of anilines is 2. The van der Waals surface area contributed by atoms with E-state index in [2.05, 4.69) is 58.3 Å². The molecule has 4 nitrogen and oxygen atoms in total. The van der Waals surface area contributed by atoms with Gasteiger partial charge < -0.3 is 14.5 Å². The Labute approximate surface area is 168 Å². The van der Waals surface area contributed by atoms with Gasteiger partial charge in [-0.05, 0) is 62.4 Å². The van der Waals surface area contributed by atoms with E-state index in [9.17, 15) is 4.79 Å². The first-order valence-corrected chi connectivity index (χ1v) is 10.6. The summed E-state index contributed by atoms with van der Waals surface area (Å²) < 4.78 is 5.26. The molecule has 4 heteroatoms. The highest BCUT2D eigenvalue weighted by Crippen LogP contribution is 2.35. The van der Waals surface area contributed by atoms with Crippen molar-refractivity contribution in [1.29, 1.82) is 0 Å². The number of piperidine rings is 1. The van der Waals surface area contributed by atoms with Crippen molar-refractivity contribution in [2.75, 3.05) is 37.7 Å². The number of hydrogen-bond donors (Lipinski definition) is 0. The maximum Gasteiger partial charge on any atom is 0.310 e. The maximum atomic E-state index is 12.2. The van der Waals surface area contributed by atoms with Gasteiger partial charge in [0.15, 0.2) is 0 Å². The second-order valence-corrected chi connectivity index (χ2v) is 7.80. The van der Waals surface area contributed by atoms with Crippen molar-refractivity contribution in [1.82, 2.24) is 4.90 Å². The fraction of sp³-hybridized carbons (Fsp3) is 0.458. The lowest BCUT2D eigenvalue weighted by molar-refractivity contribution is -0.149. The molecule has 1 atom stereocenters. The van der Waals surface area contributed by atoms with Crippen LogP contribution in [0.1, 0.15) is 30.9 Å². The number of carbonyl (C=O) groups excluding carboxylic acids is 1. The lowest BCUT2D eigenvalue weighted by atomic mass is 9.98. The summed E-state index contributed by atoms with van der Waals surface area (Å²) in [7, 11) is 0. The summed E-state index contributed by atoms with van der Waals surface area (Å²) in [5.74, 6) is -0.00456. The van der Waals surface area contributed by atoms with Crippen LogP contribution in [0.3, 0.4) is 0 Å². The first-order valence-electron chi connectivity index (χ1n) is 10.6. The van der Waals surface area contributed by atoms with Gasteiger partial charge in [0.2, 0.25) is 0 Å². The molecule has 1 fully saturated rings. The van der Waals surface area contributed by atoms with Gasteiger partial charge in [0, 0.05) is 31.0 Å². The molecule has 0 bridgehead atoms. The zero-order chi connectivity index (χ0) is 19.3. The summed E-state index contributed by atoms with van der Waals surface area (Å²) in [5.41, 5.74) is 5.49. The topological polar surface area (TPSA) is 32.8 Å². The van der Waals surface area contributed by atoms with Crippen LogP contribution in [0.5, 0.6) is 0 Å². The molecule has 2 aromatic rings. The average Bonchev–Trinajstić information content (AvgIpc) is 2.89. The number of para-hydroxylation sites is 2. The number of rotatable bonds is 5. The van der Waals surface area contributed by atoms with Crippen molar-refractivity contribution >= 4 is 17.3 Å². The van der Waals surface area contributed by atoms with Gasteiger partial charge in [-0.3, -0.25) is 4.79 Å². The van der Waals surface area contributed by atoms with Crippen LogP contribution in [-0.4, -0.2) is 43.7 Å². The smallest absolute Gasteiger partial charge is 0.310 e. The molecule has 0 aromatic heterocycles. The number of nitrogens with zero attached hydrogens (tertiary/aromatic N) is 2. The quantitative estimate of drug-likeness (QED) is 0.730. The lowest BCUT2D eigenvalue weighted by Gasteiger charge is -2.34. The van der Waals surface area contributed by atoms with E-state index >= 15 is 0 Å². The van der Waals surface area contributed by atoms with Crippen molar-refractivity contribution in [2.45, 2.75) is 32.6 Å². The number of carbonyl (C=O) groups is 1. The Hall–Kier alpha value is -2.33. The Morgan fingerprint density at radius 1 is 1.00 bits per heavy atom. The Bertz CT molecular complexity index is 772. The molecular weight excluding hydrogens is 348 g/mol. The van der Waals surface area contributed by atoms with Gasteiger partial charge in [-0.15, -0.1) is 0 Å². The van der Waals surface area contributed by atoms with E-state index in [-0.39, 0.29) is 11.9 Å². The van der Waals surface area contributed by atoms with Crippen LogP contribution in [0.15, 0.2) is 48.5 Å². The molecule has 2 heterocycles. The Kier molecular flexibility index (Phi) is 5.96. The summed E-state index contributed by atoms with van der Waals surface area (Å²) in [5, 5.41) is 0. The third-order valence-electron chi connectivity index (χ3n) is 5.99. The summed E-state index contributed by atoms with van der Waals surface area (Å²) in [6.45, 7) is 6.12. The molecule has 2 aliphatic heterocycles. The molecule has 28 heavy (non-hydrogen) atoms. The number of hydrogen-bond acceptors (Lipinski definition) is 4. The minimum absolute atomic E-state index is 0.0254. The number of benzene rings is 2. The predicted octanol–water partition coefficient (Wildman–Crippen LogP) is 4.20. The van der Waals surface area contributed by atoms with Gasteiger partial charge in [0.05, 0.1) is 12.5 Å². The van der Waals surface area contributed by atoms with Crippen LogP contribution in [0.25, 0.3) is 0 Å². The van der Waals surface area contributed by atoms with E-state index in [0.29, 0.717) is 6.61 Å². The highest BCUT2D eigenvalue weighted by molar-refractivity contribution is 5.73. The number of likely N-dealkylation sites (tertiary alicyclic amines) is 1. The van der Waals surface area contributed by atoms with Crippen molar-refractivity contribution in [3.8, 4) is 0 Å². The number of ether oxygens (including phenoxy) is 1. The maximum absolute atomic E-state index is 12.2. The third-order valence-corrected chi connectivity index (χ3v) is 5.99. The van der Waals surface area contributed by atoms with Crippen molar-refractivity contribution < 1.29 is 9.53 Å². The van der Waals surface area contributed by atoms with E-state index in [1.54, 1.807) is 0 Å². The van der Waals surface area contributed by atoms with Crippen LogP contribution in [0, 0.1) is 5.92 Å².